The molecule has 0 bridgehead atoms. The fourth-order valence-corrected chi connectivity index (χ4v) is 5.74. The van der Waals surface area contributed by atoms with Gasteiger partial charge in [0.2, 0.25) is 10.0 Å². The molecular formula is C12H15BrCl3NO2S. The number of alkyl halides is 1. The van der Waals surface area contributed by atoms with Gasteiger partial charge in [-0.15, -0.1) is 11.6 Å². The predicted octanol–water partition coefficient (Wildman–Crippen LogP) is 4.83. The van der Waals surface area contributed by atoms with Crippen LogP contribution in [0.5, 0.6) is 0 Å². The minimum atomic E-state index is -3.85. The molecule has 0 radical (unpaired) electrons. The summed E-state index contributed by atoms with van der Waals surface area (Å²) >= 11 is 21.2. The zero-order valence-corrected chi connectivity index (χ0v) is 15.7. The minimum Gasteiger partial charge on any atom is -0.207 e. The highest BCUT2D eigenvalue weighted by Gasteiger charge is 2.33. The summed E-state index contributed by atoms with van der Waals surface area (Å²) in [6, 6.07) is 2.98. The summed E-state index contributed by atoms with van der Waals surface area (Å²) in [5.41, 5.74) is -0.708. The van der Waals surface area contributed by atoms with Crippen molar-refractivity contribution in [3.05, 3.63) is 26.7 Å². The number of rotatable bonds is 6. The van der Waals surface area contributed by atoms with E-state index in [-0.39, 0.29) is 20.8 Å². The van der Waals surface area contributed by atoms with Crippen LogP contribution < -0.4 is 4.72 Å². The summed E-state index contributed by atoms with van der Waals surface area (Å²) in [7, 11) is -3.85. The van der Waals surface area contributed by atoms with Gasteiger partial charge in [0.25, 0.3) is 0 Å². The molecule has 0 aromatic heterocycles. The van der Waals surface area contributed by atoms with E-state index in [9.17, 15) is 8.42 Å². The molecular weight excluding hydrogens is 408 g/mol. The van der Waals surface area contributed by atoms with Gasteiger partial charge < -0.3 is 0 Å². The van der Waals surface area contributed by atoms with Gasteiger partial charge >= 0.3 is 0 Å². The van der Waals surface area contributed by atoms with Gasteiger partial charge in [0.15, 0.2) is 0 Å². The lowest BCUT2D eigenvalue weighted by Crippen LogP contribution is -2.49. The second-order valence-corrected chi connectivity index (χ2v) is 8.04. The smallest absolute Gasteiger partial charge is 0.207 e. The standard InChI is InChI=1S/C12H15BrCl3NO2S/c1-3-12(4-2,7-14)17-20(18,19)11-9(15)5-8(13)6-10(11)16/h5-6,17H,3-4,7H2,1-2H3. The zero-order chi connectivity index (χ0) is 15.6. The molecule has 0 atom stereocenters. The van der Waals surface area contributed by atoms with E-state index in [1.807, 2.05) is 13.8 Å². The molecule has 0 unspecified atom stereocenters. The lowest BCUT2D eigenvalue weighted by molar-refractivity contribution is 0.394. The highest BCUT2D eigenvalue weighted by Crippen LogP contribution is 2.34. The van der Waals surface area contributed by atoms with Crippen molar-refractivity contribution in [1.82, 2.24) is 4.72 Å². The second kappa shape index (κ2) is 7.16. The van der Waals surface area contributed by atoms with Crippen LogP contribution in [0.1, 0.15) is 26.7 Å². The van der Waals surface area contributed by atoms with E-state index in [0.717, 1.165) is 0 Å². The SMILES string of the molecule is CCC(CC)(CCl)NS(=O)(=O)c1c(Cl)cc(Br)cc1Cl. The fraction of sp³-hybridized carbons (Fsp3) is 0.500. The van der Waals surface area contributed by atoms with Gasteiger partial charge in [-0.1, -0.05) is 53.0 Å². The third kappa shape index (κ3) is 4.02. The van der Waals surface area contributed by atoms with E-state index in [1.165, 1.54) is 12.1 Å². The van der Waals surface area contributed by atoms with E-state index in [2.05, 4.69) is 20.7 Å². The average molecular weight is 424 g/mol. The third-order valence-corrected chi connectivity index (χ3v) is 6.66. The maximum atomic E-state index is 12.5. The number of benzene rings is 1. The highest BCUT2D eigenvalue weighted by atomic mass is 79.9. The number of hydrogen-bond donors (Lipinski definition) is 1. The molecule has 20 heavy (non-hydrogen) atoms. The Kier molecular flexibility index (Phi) is 6.63. The lowest BCUT2D eigenvalue weighted by atomic mass is 9.97. The first-order valence-electron chi connectivity index (χ1n) is 5.96. The summed E-state index contributed by atoms with van der Waals surface area (Å²) in [4.78, 5) is -0.125. The quantitative estimate of drug-likeness (QED) is 0.666. The van der Waals surface area contributed by atoms with E-state index in [1.54, 1.807) is 0 Å². The van der Waals surface area contributed by atoms with E-state index >= 15 is 0 Å². The number of halogens is 4. The first-order valence-corrected chi connectivity index (χ1v) is 9.52. The van der Waals surface area contributed by atoms with Crippen LogP contribution in [0, 0.1) is 0 Å². The van der Waals surface area contributed by atoms with Gasteiger partial charge in [-0.25, -0.2) is 13.1 Å². The van der Waals surface area contributed by atoms with Crippen molar-refractivity contribution >= 4 is 60.8 Å². The molecule has 0 fully saturated rings. The van der Waals surface area contributed by atoms with Gasteiger partial charge in [0.1, 0.15) is 4.90 Å². The van der Waals surface area contributed by atoms with Crippen molar-refractivity contribution < 1.29 is 8.42 Å². The Morgan fingerprint density at radius 2 is 1.65 bits per heavy atom. The van der Waals surface area contributed by atoms with Crippen LogP contribution in [0.15, 0.2) is 21.5 Å². The normalized spacial score (nSPS) is 12.7. The van der Waals surface area contributed by atoms with Crippen LogP contribution in [-0.2, 0) is 10.0 Å². The molecule has 0 saturated carbocycles. The monoisotopic (exact) mass is 421 g/mol. The van der Waals surface area contributed by atoms with Crippen LogP contribution in [0.3, 0.4) is 0 Å². The van der Waals surface area contributed by atoms with E-state index < -0.39 is 15.6 Å². The zero-order valence-electron chi connectivity index (χ0n) is 11.0. The molecule has 1 rings (SSSR count). The molecule has 114 valence electrons. The Morgan fingerprint density at radius 1 is 1.20 bits per heavy atom. The third-order valence-electron chi connectivity index (χ3n) is 3.19. The molecule has 1 N–H and O–H groups in total. The average Bonchev–Trinajstić information content (AvgIpc) is 2.34. The second-order valence-electron chi connectivity index (χ2n) is 4.43. The predicted molar refractivity (Wildman–Crippen MR) is 88.5 cm³/mol. The van der Waals surface area contributed by atoms with Gasteiger partial charge in [-0.3, -0.25) is 0 Å². The van der Waals surface area contributed by atoms with Crippen molar-refractivity contribution in [1.29, 1.82) is 0 Å². The topological polar surface area (TPSA) is 46.2 Å². The largest absolute Gasteiger partial charge is 0.244 e. The Morgan fingerprint density at radius 3 is 2.00 bits per heavy atom. The number of sulfonamides is 1. The molecule has 0 heterocycles. The summed E-state index contributed by atoms with van der Waals surface area (Å²) in [5.74, 6) is 0.172. The van der Waals surface area contributed by atoms with Crippen molar-refractivity contribution in [2.75, 3.05) is 5.88 Å². The number of hydrogen-bond acceptors (Lipinski definition) is 2. The Labute approximate surface area is 143 Å². The Balaban J connectivity index is 3.32. The molecule has 0 saturated heterocycles. The molecule has 0 aliphatic heterocycles. The van der Waals surface area contributed by atoms with E-state index in [4.69, 9.17) is 34.8 Å². The summed E-state index contributed by atoms with van der Waals surface area (Å²) < 4.78 is 28.3. The fourth-order valence-electron chi connectivity index (χ4n) is 1.73. The molecule has 1 aromatic carbocycles. The maximum Gasteiger partial charge on any atom is 0.244 e. The van der Waals surface area contributed by atoms with Gasteiger partial charge in [0.05, 0.1) is 10.0 Å². The van der Waals surface area contributed by atoms with Crippen LogP contribution in [0.25, 0.3) is 0 Å². The van der Waals surface area contributed by atoms with Gasteiger partial charge in [-0.2, -0.15) is 0 Å². The molecule has 1 aromatic rings. The summed E-state index contributed by atoms with van der Waals surface area (Å²) in [5, 5.41) is 0.125. The molecule has 0 amide bonds. The maximum absolute atomic E-state index is 12.5. The van der Waals surface area contributed by atoms with Crippen LogP contribution >= 0.6 is 50.7 Å². The van der Waals surface area contributed by atoms with Crippen LogP contribution in [-0.4, -0.2) is 19.8 Å². The van der Waals surface area contributed by atoms with Crippen molar-refractivity contribution in [2.24, 2.45) is 0 Å². The molecule has 3 nitrogen and oxygen atoms in total. The molecule has 8 heteroatoms. The minimum absolute atomic E-state index is 0.0625. The highest BCUT2D eigenvalue weighted by molar-refractivity contribution is 9.10. The molecule has 0 aliphatic rings. The number of nitrogens with one attached hydrogen (secondary N) is 1. The van der Waals surface area contributed by atoms with E-state index in [0.29, 0.717) is 17.3 Å². The lowest BCUT2D eigenvalue weighted by Gasteiger charge is -2.30. The van der Waals surface area contributed by atoms with Gasteiger partial charge in [0, 0.05) is 15.9 Å². The van der Waals surface area contributed by atoms with Gasteiger partial charge in [-0.05, 0) is 25.0 Å². The summed E-state index contributed by atoms with van der Waals surface area (Å²) in [6.45, 7) is 3.75. The first kappa shape index (κ1) is 18.5. The van der Waals surface area contributed by atoms with Crippen LogP contribution in [0.2, 0.25) is 10.0 Å². The summed E-state index contributed by atoms with van der Waals surface area (Å²) in [6.07, 6.45) is 1.13. The molecule has 0 aliphatic carbocycles. The Hall–Kier alpha value is 0.480. The van der Waals surface area contributed by atoms with Crippen molar-refractivity contribution in [3.63, 3.8) is 0 Å². The van der Waals surface area contributed by atoms with Crippen molar-refractivity contribution in [3.8, 4) is 0 Å². The molecule has 0 spiro atoms. The Bertz CT molecular complexity index is 557. The first-order chi connectivity index (χ1) is 9.21. The van der Waals surface area contributed by atoms with Crippen LogP contribution in [0.4, 0.5) is 0 Å². The van der Waals surface area contributed by atoms with Crippen molar-refractivity contribution in [2.45, 2.75) is 37.1 Å².